The summed E-state index contributed by atoms with van der Waals surface area (Å²) in [6.45, 7) is 5.30. The first-order chi connectivity index (χ1) is 5.99. The normalized spacial score (nSPS) is 17.6. The van der Waals surface area contributed by atoms with Crippen LogP contribution in [0.5, 0.6) is 0 Å². The summed E-state index contributed by atoms with van der Waals surface area (Å²) < 4.78 is 4.99. The van der Waals surface area contributed by atoms with E-state index in [-0.39, 0.29) is 6.10 Å². The number of nitrogens with two attached hydrogens (primary N) is 1. The SMILES string of the molecule is CCCC(C)OC(=O)C(N)C(C)O. The Morgan fingerprint density at radius 2 is 2.08 bits per heavy atom. The molecule has 0 fully saturated rings. The van der Waals surface area contributed by atoms with Crippen molar-refractivity contribution in [1.82, 2.24) is 0 Å². The number of ether oxygens (including phenoxy) is 1. The zero-order valence-corrected chi connectivity index (χ0v) is 8.49. The Morgan fingerprint density at radius 3 is 2.46 bits per heavy atom. The average molecular weight is 189 g/mol. The van der Waals surface area contributed by atoms with E-state index in [4.69, 9.17) is 15.6 Å². The molecule has 0 aromatic heterocycles. The fraction of sp³-hybridized carbons (Fsp3) is 0.889. The molecular weight excluding hydrogens is 170 g/mol. The van der Waals surface area contributed by atoms with Gasteiger partial charge in [-0.15, -0.1) is 0 Å². The van der Waals surface area contributed by atoms with Gasteiger partial charge in [-0.1, -0.05) is 13.3 Å². The highest BCUT2D eigenvalue weighted by Crippen LogP contribution is 2.03. The maximum Gasteiger partial charge on any atom is 0.325 e. The van der Waals surface area contributed by atoms with E-state index < -0.39 is 18.1 Å². The minimum Gasteiger partial charge on any atom is -0.461 e. The van der Waals surface area contributed by atoms with Crippen LogP contribution in [0.2, 0.25) is 0 Å². The van der Waals surface area contributed by atoms with E-state index in [0.29, 0.717) is 0 Å². The van der Waals surface area contributed by atoms with Crippen LogP contribution < -0.4 is 5.73 Å². The van der Waals surface area contributed by atoms with Gasteiger partial charge in [-0.05, 0) is 20.3 Å². The first kappa shape index (κ1) is 12.4. The van der Waals surface area contributed by atoms with Gasteiger partial charge < -0.3 is 15.6 Å². The summed E-state index contributed by atoms with van der Waals surface area (Å²) in [4.78, 5) is 11.2. The van der Waals surface area contributed by atoms with Crippen molar-refractivity contribution in [2.45, 2.75) is 51.9 Å². The van der Waals surface area contributed by atoms with E-state index >= 15 is 0 Å². The van der Waals surface area contributed by atoms with Crippen LogP contribution in [0.3, 0.4) is 0 Å². The van der Waals surface area contributed by atoms with E-state index in [9.17, 15) is 4.79 Å². The second-order valence-electron chi connectivity index (χ2n) is 3.30. The molecule has 0 radical (unpaired) electrons. The van der Waals surface area contributed by atoms with Crippen LogP contribution in [-0.4, -0.2) is 29.3 Å². The summed E-state index contributed by atoms with van der Waals surface area (Å²) in [5, 5.41) is 9.01. The second kappa shape index (κ2) is 5.94. The molecule has 0 heterocycles. The predicted molar refractivity (Wildman–Crippen MR) is 50.1 cm³/mol. The summed E-state index contributed by atoms with van der Waals surface area (Å²) in [6.07, 6.45) is 0.792. The molecule has 0 aromatic rings. The lowest BCUT2D eigenvalue weighted by molar-refractivity contribution is -0.152. The van der Waals surface area contributed by atoms with E-state index in [1.807, 2.05) is 13.8 Å². The molecule has 0 aromatic carbocycles. The summed E-state index contributed by atoms with van der Waals surface area (Å²) in [5.41, 5.74) is 5.38. The summed E-state index contributed by atoms with van der Waals surface area (Å²) in [7, 11) is 0. The van der Waals surface area contributed by atoms with Crippen molar-refractivity contribution in [3.05, 3.63) is 0 Å². The molecule has 3 N–H and O–H groups in total. The standard InChI is InChI=1S/C9H19NO3/c1-4-5-6(2)13-9(12)8(10)7(3)11/h6-8,11H,4-5,10H2,1-3H3. The third kappa shape index (κ3) is 4.85. The summed E-state index contributed by atoms with van der Waals surface area (Å²) in [5.74, 6) is -0.532. The molecule has 0 spiro atoms. The molecule has 0 saturated carbocycles. The quantitative estimate of drug-likeness (QED) is 0.615. The van der Waals surface area contributed by atoms with Crippen molar-refractivity contribution in [3.63, 3.8) is 0 Å². The largest absolute Gasteiger partial charge is 0.461 e. The van der Waals surface area contributed by atoms with Gasteiger partial charge in [0.15, 0.2) is 0 Å². The monoisotopic (exact) mass is 189 g/mol. The molecule has 0 aliphatic rings. The van der Waals surface area contributed by atoms with Crippen molar-refractivity contribution in [1.29, 1.82) is 0 Å². The Hall–Kier alpha value is -0.610. The lowest BCUT2D eigenvalue weighted by Crippen LogP contribution is -2.42. The third-order valence-corrected chi connectivity index (χ3v) is 1.80. The Morgan fingerprint density at radius 1 is 1.54 bits per heavy atom. The lowest BCUT2D eigenvalue weighted by Gasteiger charge is -2.17. The van der Waals surface area contributed by atoms with Crippen LogP contribution in [-0.2, 0) is 9.53 Å². The van der Waals surface area contributed by atoms with Crippen molar-refractivity contribution < 1.29 is 14.6 Å². The lowest BCUT2D eigenvalue weighted by atomic mass is 10.2. The van der Waals surface area contributed by atoms with Gasteiger partial charge in [0.1, 0.15) is 6.04 Å². The van der Waals surface area contributed by atoms with E-state index in [1.165, 1.54) is 6.92 Å². The first-order valence-electron chi connectivity index (χ1n) is 4.63. The molecule has 0 amide bonds. The maximum absolute atomic E-state index is 11.2. The number of carbonyl (C=O) groups is 1. The number of hydrogen-bond donors (Lipinski definition) is 2. The maximum atomic E-state index is 11.2. The number of rotatable bonds is 5. The molecule has 0 rings (SSSR count). The van der Waals surface area contributed by atoms with Crippen LogP contribution in [0.15, 0.2) is 0 Å². The van der Waals surface area contributed by atoms with Gasteiger partial charge in [0.25, 0.3) is 0 Å². The van der Waals surface area contributed by atoms with Gasteiger partial charge in [0, 0.05) is 0 Å². The molecule has 78 valence electrons. The fourth-order valence-corrected chi connectivity index (χ4v) is 0.939. The third-order valence-electron chi connectivity index (χ3n) is 1.80. The zero-order valence-electron chi connectivity index (χ0n) is 8.49. The number of hydrogen-bond acceptors (Lipinski definition) is 4. The first-order valence-corrected chi connectivity index (χ1v) is 4.63. The number of carbonyl (C=O) groups excluding carboxylic acids is 1. The van der Waals surface area contributed by atoms with E-state index in [2.05, 4.69) is 0 Å². The minimum atomic E-state index is -0.931. The Bertz CT molecular complexity index is 159. The highest BCUT2D eigenvalue weighted by Gasteiger charge is 2.21. The van der Waals surface area contributed by atoms with E-state index in [1.54, 1.807) is 0 Å². The van der Waals surface area contributed by atoms with Crippen molar-refractivity contribution >= 4 is 5.97 Å². The van der Waals surface area contributed by atoms with Crippen LogP contribution >= 0.6 is 0 Å². The molecule has 0 aliphatic carbocycles. The predicted octanol–water partition coefficient (Wildman–Crippen LogP) is 0.426. The zero-order chi connectivity index (χ0) is 10.4. The van der Waals surface area contributed by atoms with Crippen molar-refractivity contribution in [2.75, 3.05) is 0 Å². The Balaban J connectivity index is 3.85. The minimum absolute atomic E-state index is 0.123. The molecule has 0 aliphatic heterocycles. The van der Waals surface area contributed by atoms with Gasteiger partial charge >= 0.3 is 5.97 Å². The smallest absolute Gasteiger partial charge is 0.325 e. The second-order valence-corrected chi connectivity index (χ2v) is 3.30. The molecule has 0 saturated heterocycles. The van der Waals surface area contributed by atoms with Gasteiger partial charge in [-0.25, -0.2) is 0 Å². The molecule has 0 bridgehead atoms. The highest BCUT2D eigenvalue weighted by atomic mass is 16.5. The fourth-order valence-electron chi connectivity index (χ4n) is 0.939. The molecule has 3 unspecified atom stereocenters. The van der Waals surface area contributed by atoms with Crippen LogP contribution in [0, 0.1) is 0 Å². The summed E-state index contributed by atoms with van der Waals surface area (Å²) in [6, 6.07) is -0.931. The Kier molecular flexibility index (Phi) is 5.66. The number of aliphatic hydroxyl groups is 1. The van der Waals surface area contributed by atoms with Gasteiger partial charge in [0.05, 0.1) is 12.2 Å². The van der Waals surface area contributed by atoms with Gasteiger partial charge in [0.2, 0.25) is 0 Å². The average Bonchev–Trinajstić information content (AvgIpc) is 2.03. The van der Waals surface area contributed by atoms with Gasteiger partial charge in [-0.3, -0.25) is 4.79 Å². The molecular formula is C9H19NO3. The molecule has 3 atom stereocenters. The molecule has 13 heavy (non-hydrogen) atoms. The molecule has 4 nitrogen and oxygen atoms in total. The van der Waals surface area contributed by atoms with Gasteiger partial charge in [-0.2, -0.15) is 0 Å². The topological polar surface area (TPSA) is 72.5 Å². The molecule has 4 heteroatoms. The van der Waals surface area contributed by atoms with Crippen LogP contribution in [0.1, 0.15) is 33.6 Å². The number of esters is 1. The Labute approximate surface area is 79.1 Å². The van der Waals surface area contributed by atoms with Crippen LogP contribution in [0.4, 0.5) is 0 Å². The highest BCUT2D eigenvalue weighted by molar-refractivity contribution is 5.76. The van der Waals surface area contributed by atoms with Crippen molar-refractivity contribution in [3.8, 4) is 0 Å². The van der Waals surface area contributed by atoms with Crippen molar-refractivity contribution in [2.24, 2.45) is 5.73 Å². The van der Waals surface area contributed by atoms with Crippen LogP contribution in [0.25, 0.3) is 0 Å². The summed E-state index contributed by atoms with van der Waals surface area (Å²) >= 11 is 0. The van der Waals surface area contributed by atoms with E-state index in [0.717, 1.165) is 12.8 Å². The number of aliphatic hydroxyl groups excluding tert-OH is 1.